The SMILES string of the molecule is CCCCC(CC)COc1cc(OCCC)ccc1CO. The van der Waals surface area contributed by atoms with Crippen molar-refractivity contribution in [1.29, 1.82) is 0 Å². The van der Waals surface area contributed by atoms with E-state index in [-0.39, 0.29) is 6.61 Å². The van der Waals surface area contributed by atoms with Gasteiger partial charge in [0.2, 0.25) is 0 Å². The highest BCUT2D eigenvalue weighted by Crippen LogP contribution is 2.26. The van der Waals surface area contributed by atoms with E-state index in [9.17, 15) is 5.11 Å². The summed E-state index contributed by atoms with van der Waals surface area (Å²) >= 11 is 0. The van der Waals surface area contributed by atoms with Crippen LogP contribution in [-0.4, -0.2) is 18.3 Å². The van der Waals surface area contributed by atoms with Gasteiger partial charge in [0.05, 0.1) is 19.8 Å². The summed E-state index contributed by atoms with van der Waals surface area (Å²) in [6.45, 7) is 7.91. The second-order valence-corrected chi connectivity index (χ2v) is 5.50. The van der Waals surface area contributed by atoms with Crippen LogP contribution in [0.15, 0.2) is 18.2 Å². The van der Waals surface area contributed by atoms with Crippen LogP contribution in [0.2, 0.25) is 0 Å². The average Bonchev–Trinajstić information content (AvgIpc) is 2.53. The largest absolute Gasteiger partial charge is 0.493 e. The summed E-state index contributed by atoms with van der Waals surface area (Å²) < 4.78 is 11.6. The van der Waals surface area contributed by atoms with E-state index in [4.69, 9.17) is 9.47 Å². The Labute approximate surface area is 129 Å². The molecule has 1 aromatic rings. The highest BCUT2D eigenvalue weighted by molar-refractivity contribution is 5.40. The quantitative estimate of drug-likeness (QED) is 0.650. The Morgan fingerprint density at radius 1 is 1.10 bits per heavy atom. The molecule has 1 atom stereocenters. The van der Waals surface area contributed by atoms with Crippen molar-refractivity contribution in [1.82, 2.24) is 0 Å². The molecule has 0 radical (unpaired) electrons. The van der Waals surface area contributed by atoms with Crippen molar-refractivity contribution in [3.05, 3.63) is 23.8 Å². The molecule has 0 aliphatic carbocycles. The van der Waals surface area contributed by atoms with Crippen LogP contribution in [0.25, 0.3) is 0 Å². The van der Waals surface area contributed by atoms with Crippen molar-refractivity contribution >= 4 is 0 Å². The monoisotopic (exact) mass is 294 g/mol. The third kappa shape index (κ3) is 6.38. The predicted octanol–water partition coefficient (Wildman–Crippen LogP) is 4.56. The summed E-state index contributed by atoms with van der Waals surface area (Å²) in [6, 6.07) is 5.67. The Hall–Kier alpha value is -1.22. The van der Waals surface area contributed by atoms with Gasteiger partial charge in [-0.1, -0.05) is 40.0 Å². The van der Waals surface area contributed by atoms with Gasteiger partial charge in [0.25, 0.3) is 0 Å². The molecule has 21 heavy (non-hydrogen) atoms. The highest BCUT2D eigenvalue weighted by Gasteiger charge is 2.10. The van der Waals surface area contributed by atoms with E-state index in [1.807, 2.05) is 18.2 Å². The summed E-state index contributed by atoms with van der Waals surface area (Å²) in [6.07, 6.45) is 5.77. The topological polar surface area (TPSA) is 38.7 Å². The Kier molecular flexibility index (Phi) is 8.91. The van der Waals surface area contributed by atoms with Crippen molar-refractivity contribution in [2.75, 3.05) is 13.2 Å². The number of benzene rings is 1. The number of unbranched alkanes of at least 4 members (excludes halogenated alkanes) is 1. The maximum absolute atomic E-state index is 9.43. The van der Waals surface area contributed by atoms with Gasteiger partial charge in [0.1, 0.15) is 11.5 Å². The zero-order chi connectivity index (χ0) is 15.5. The van der Waals surface area contributed by atoms with Crippen LogP contribution in [0.3, 0.4) is 0 Å². The van der Waals surface area contributed by atoms with Crippen molar-refractivity contribution in [3.8, 4) is 11.5 Å². The Morgan fingerprint density at radius 3 is 2.52 bits per heavy atom. The van der Waals surface area contributed by atoms with Gasteiger partial charge in [0.15, 0.2) is 0 Å². The number of hydrogen-bond donors (Lipinski definition) is 1. The zero-order valence-electron chi connectivity index (χ0n) is 13.7. The predicted molar refractivity (Wildman–Crippen MR) is 87.0 cm³/mol. The summed E-state index contributed by atoms with van der Waals surface area (Å²) in [5.74, 6) is 2.14. The van der Waals surface area contributed by atoms with Crippen molar-refractivity contribution in [2.24, 2.45) is 5.92 Å². The standard InChI is InChI=1S/C18H30O3/c1-4-7-8-15(6-3)14-21-18-12-17(20-11-5-2)10-9-16(18)13-19/h9-10,12,15,19H,4-8,11,13-14H2,1-3H3. The fraction of sp³-hybridized carbons (Fsp3) is 0.667. The first-order valence-corrected chi connectivity index (χ1v) is 8.24. The summed E-state index contributed by atoms with van der Waals surface area (Å²) in [7, 11) is 0. The summed E-state index contributed by atoms with van der Waals surface area (Å²) in [4.78, 5) is 0. The van der Waals surface area contributed by atoms with Gasteiger partial charge in [-0.2, -0.15) is 0 Å². The fourth-order valence-electron chi connectivity index (χ4n) is 2.22. The molecule has 3 nitrogen and oxygen atoms in total. The number of ether oxygens (including phenoxy) is 2. The van der Waals surface area contributed by atoms with E-state index >= 15 is 0 Å². The minimum absolute atomic E-state index is 0.00482. The Balaban J connectivity index is 2.65. The molecule has 0 spiro atoms. The summed E-state index contributed by atoms with van der Waals surface area (Å²) in [5.41, 5.74) is 0.823. The molecule has 1 unspecified atom stereocenters. The third-order valence-corrected chi connectivity index (χ3v) is 3.70. The minimum atomic E-state index is -0.00482. The molecular weight excluding hydrogens is 264 g/mol. The molecule has 1 rings (SSSR count). The van der Waals surface area contributed by atoms with E-state index in [2.05, 4.69) is 20.8 Å². The van der Waals surface area contributed by atoms with Crippen LogP contribution in [-0.2, 0) is 6.61 Å². The molecular formula is C18H30O3. The molecule has 0 heterocycles. The maximum atomic E-state index is 9.43. The molecule has 0 bridgehead atoms. The van der Waals surface area contributed by atoms with Crippen LogP contribution in [0.4, 0.5) is 0 Å². The molecule has 0 fully saturated rings. The van der Waals surface area contributed by atoms with Gasteiger partial charge >= 0.3 is 0 Å². The maximum Gasteiger partial charge on any atom is 0.128 e. The van der Waals surface area contributed by atoms with Gasteiger partial charge in [-0.25, -0.2) is 0 Å². The lowest BCUT2D eigenvalue weighted by Gasteiger charge is -2.18. The van der Waals surface area contributed by atoms with Crippen LogP contribution < -0.4 is 9.47 Å². The van der Waals surface area contributed by atoms with Gasteiger partial charge in [-0.05, 0) is 30.9 Å². The first-order valence-electron chi connectivity index (χ1n) is 8.24. The highest BCUT2D eigenvalue weighted by atomic mass is 16.5. The number of hydrogen-bond acceptors (Lipinski definition) is 3. The molecule has 1 aromatic carbocycles. The lowest BCUT2D eigenvalue weighted by Crippen LogP contribution is -2.12. The average molecular weight is 294 g/mol. The van der Waals surface area contributed by atoms with Gasteiger partial charge < -0.3 is 14.6 Å². The molecule has 0 saturated heterocycles. The smallest absolute Gasteiger partial charge is 0.128 e. The molecule has 1 N–H and O–H groups in total. The van der Waals surface area contributed by atoms with Crippen LogP contribution in [0.5, 0.6) is 11.5 Å². The molecule has 120 valence electrons. The van der Waals surface area contributed by atoms with Gasteiger partial charge in [-0.3, -0.25) is 0 Å². The zero-order valence-corrected chi connectivity index (χ0v) is 13.7. The number of aliphatic hydroxyl groups is 1. The lowest BCUT2D eigenvalue weighted by atomic mass is 10.0. The Morgan fingerprint density at radius 2 is 1.90 bits per heavy atom. The van der Waals surface area contributed by atoms with E-state index in [0.717, 1.165) is 29.9 Å². The van der Waals surface area contributed by atoms with Crippen LogP contribution in [0, 0.1) is 5.92 Å². The van der Waals surface area contributed by atoms with Gasteiger partial charge in [-0.15, -0.1) is 0 Å². The minimum Gasteiger partial charge on any atom is -0.493 e. The number of rotatable bonds is 11. The summed E-state index contributed by atoms with van der Waals surface area (Å²) in [5, 5.41) is 9.43. The molecule has 3 heteroatoms. The van der Waals surface area contributed by atoms with Crippen LogP contribution in [0.1, 0.15) is 58.4 Å². The second kappa shape index (κ2) is 10.5. The molecule has 0 saturated carbocycles. The molecule has 0 aromatic heterocycles. The third-order valence-electron chi connectivity index (χ3n) is 3.70. The Bertz CT molecular complexity index is 390. The van der Waals surface area contributed by atoms with Crippen molar-refractivity contribution in [3.63, 3.8) is 0 Å². The first kappa shape index (κ1) is 17.8. The van der Waals surface area contributed by atoms with E-state index in [0.29, 0.717) is 19.1 Å². The van der Waals surface area contributed by atoms with Crippen LogP contribution >= 0.6 is 0 Å². The van der Waals surface area contributed by atoms with Gasteiger partial charge in [0, 0.05) is 11.6 Å². The molecule has 0 aliphatic rings. The van der Waals surface area contributed by atoms with Crippen molar-refractivity contribution < 1.29 is 14.6 Å². The number of aliphatic hydroxyl groups excluding tert-OH is 1. The van der Waals surface area contributed by atoms with E-state index < -0.39 is 0 Å². The molecule has 0 amide bonds. The van der Waals surface area contributed by atoms with Crippen molar-refractivity contribution in [2.45, 2.75) is 59.5 Å². The lowest BCUT2D eigenvalue weighted by molar-refractivity contribution is 0.219. The normalized spacial score (nSPS) is 12.2. The van der Waals surface area contributed by atoms with E-state index in [1.165, 1.54) is 19.3 Å². The fourth-order valence-corrected chi connectivity index (χ4v) is 2.22. The van der Waals surface area contributed by atoms with E-state index in [1.54, 1.807) is 0 Å². The molecule has 0 aliphatic heterocycles. The second-order valence-electron chi connectivity index (χ2n) is 5.50. The first-order chi connectivity index (χ1) is 10.2.